The predicted octanol–water partition coefficient (Wildman–Crippen LogP) is 4.71. The number of hydrogen-bond donors (Lipinski definition) is 0. The number of piperidine rings is 1. The molecule has 2 fully saturated rings. The van der Waals surface area contributed by atoms with E-state index in [4.69, 9.17) is 11.6 Å². The van der Waals surface area contributed by atoms with Crippen molar-refractivity contribution in [1.29, 1.82) is 0 Å². The fraction of sp³-hybridized carbons (Fsp3) is 0.520. The van der Waals surface area contributed by atoms with Crippen molar-refractivity contribution in [3.05, 3.63) is 64.4 Å². The van der Waals surface area contributed by atoms with Gasteiger partial charge < -0.3 is 4.90 Å². The van der Waals surface area contributed by atoms with E-state index in [2.05, 4.69) is 33.0 Å². The molecule has 2 aliphatic rings. The zero-order chi connectivity index (χ0) is 20.8. The summed E-state index contributed by atoms with van der Waals surface area (Å²) in [5.41, 5.74) is 3.53. The van der Waals surface area contributed by atoms with Gasteiger partial charge in [-0.2, -0.15) is 0 Å². The molecule has 0 saturated carbocycles. The van der Waals surface area contributed by atoms with Gasteiger partial charge in [-0.25, -0.2) is 0 Å². The van der Waals surface area contributed by atoms with Crippen molar-refractivity contribution in [3.8, 4) is 0 Å². The molecule has 5 heteroatoms. The number of halogens is 1. The maximum Gasteiger partial charge on any atom is 0.140 e. The van der Waals surface area contributed by atoms with E-state index in [1.807, 2.05) is 24.4 Å². The molecule has 1 aromatic heterocycles. The number of nitrogens with zero attached hydrogens (tertiary/aromatic N) is 3. The Morgan fingerprint density at radius 2 is 1.70 bits per heavy atom. The average molecular weight is 426 g/mol. The van der Waals surface area contributed by atoms with Crippen molar-refractivity contribution in [2.24, 2.45) is 0 Å². The number of hydrogen-bond acceptors (Lipinski definition) is 4. The molecule has 0 radical (unpaired) electrons. The van der Waals surface area contributed by atoms with Gasteiger partial charge in [-0.15, -0.1) is 0 Å². The Labute approximate surface area is 185 Å². The number of pyridine rings is 1. The number of ketones is 1. The summed E-state index contributed by atoms with van der Waals surface area (Å²) in [4.78, 5) is 21.9. The third-order valence-electron chi connectivity index (χ3n) is 6.51. The highest BCUT2D eigenvalue weighted by atomic mass is 35.5. The molecule has 160 valence electrons. The Hall–Kier alpha value is -1.75. The summed E-state index contributed by atoms with van der Waals surface area (Å²) < 4.78 is 0. The molecule has 0 unspecified atom stereocenters. The lowest BCUT2D eigenvalue weighted by Crippen LogP contribution is -2.34. The maximum absolute atomic E-state index is 12.4. The van der Waals surface area contributed by atoms with E-state index in [9.17, 15) is 4.79 Å². The minimum Gasteiger partial charge on any atom is -0.303 e. The van der Waals surface area contributed by atoms with Crippen LogP contribution in [0.5, 0.6) is 0 Å². The quantitative estimate of drug-likeness (QED) is 0.613. The highest BCUT2D eigenvalue weighted by Crippen LogP contribution is 2.28. The van der Waals surface area contributed by atoms with Gasteiger partial charge >= 0.3 is 0 Å². The molecule has 0 bridgehead atoms. The van der Waals surface area contributed by atoms with Crippen LogP contribution in [0.25, 0.3) is 0 Å². The number of rotatable bonds is 8. The molecule has 0 amide bonds. The summed E-state index contributed by atoms with van der Waals surface area (Å²) in [6.45, 7) is 6.34. The standard InChI is InChI=1S/C25H32ClN3O/c26-23-6-4-21(5-7-23)22-9-14-28(15-10-22)16-11-25(30)17-24-8-3-20(18-27-24)19-29-12-1-2-13-29/h3-8,18,22H,1-2,9-17,19H2. The molecule has 2 aromatic rings. The van der Waals surface area contributed by atoms with Gasteiger partial charge in [-0.05, 0) is 87.1 Å². The van der Waals surface area contributed by atoms with Crippen LogP contribution in [-0.4, -0.2) is 53.3 Å². The number of Topliss-reactive ketones (excluding diaryl/α,β-unsaturated/α-hetero) is 1. The summed E-state index contributed by atoms with van der Waals surface area (Å²) in [6, 6.07) is 12.4. The number of benzene rings is 1. The van der Waals surface area contributed by atoms with E-state index in [0.29, 0.717) is 18.8 Å². The molecular weight excluding hydrogens is 394 g/mol. The zero-order valence-electron chi connectivity index (χ0n) is 17.7. The Morgan fingerprint density at radius 3 is 2.37 bits per heavy atom. The number of likely N-dealkylation sites (tertiary alicyclic amines) is 2. The van der Waals surface area contributed by atoms with Gasteiger partial charge in [0, 0.05) is 42.8 Å². The summed E-state index contributed by atoms with van der Waals surface area (Å²) in [5, 5.41) is 0.797. The molecule has 0 spiro atoms. The van der Waals surface area contributed by atoms with E-state index < -0.39 is 0 Å². The average Bonchev–Trinajstić information content (AvgIpc) is 3.28. The Morgan fingerprint density at radius 1 is 0.967 bits per heavy atom. The molecule has 0 N–H and O–H groups in total. The van der Waals surface area contributed by atoms with Crippen LogP contribution in [0.15, 0.2) is 42.6 Å². The largest absolute Gasteiger partial charge is 0.303 e. The monoisotopic (exact) mass is 425 g/mol. The molecule has 4 rings (SSSR count). The van der Waals surface area contributed by atoms with Gasteiger partial charge in [-0.1, -0.05) is 29.8 Å². The Bertz CT molecular complexity index is 807. The van der Waals surface area contributed by atoms with E-state index in [1.165, 1.54) is 37.1 Å². The van der Waals surface area contributed by atoms with Gasteiger partial charge in [0.25, 0.3) is 0 Å². The number of carbonyl (C=O) groups is 1. The third-order valence-corrected chi connectivity index (χ3v) is 6.76. The second-order valence-corrected chi connectivity index (χ2v) is 9.21. The van der Waals surface area contributed by atoms with Gasteiger partial charge in [0.1, 0.15) is 5.78 Å². The second kappa shape index (κ2) is 10.5. The van der Waals surface area contributed by atoms with Crippen LogP contribution in [0, 0.1) is 0 Å². The van der Waals surface area contributed by atoms with Gasteiger partial charge in [-0.3, -0.25) is 14.7 Å². The first-order valence-electron chi connectivity index (χ1n) is 11.3. The summed E-state index contributed by atoms with van der Waals surface area (Å²) in [6.07, 6.45) is 7.92. The first-order chi connectivity index (χ1) is 14.7. The van der Waals surface area contributed by atoms with Crippen molar-refractivity contribution in [1.82, 2.24) is 14.8 Å². The zero-order valence-corrected chi connectivity index (χ0v) is 18.5. The molecule has 0 atom stereocenters. The van der Waals surface area contributed by atoms with Crippen molar-refractivity contribution in [2.45, 2.75) is 51.0 Å². The smallest absolute Gasteiger partial charge is 0.140 e. The predicted molar refractivity (Wildman–Crippen MR) is 122 cm³/mol. The lowest BCUT2D eigenvalue weighted by Gasteiger charge is -2.32. The van der Waals surface area contributed by atoms with E-state index in [0.717, 1.165) is 49.7 Å². The molecule has 4 nitrogen and oxygen atoms in total. The number of aromatic nitrogens is 1. The van der Waals surface area contributed by atoms with Crippen LogP contribution < -0.4 is 0 Å². The van der Waals surface area contributed by atoms with Crippen molar-refractivity contribution >= 4 is 17.4 Å². The normalized spacial score (nSPS) is 18.7. The SMILES string of the molecule is O=C(CCN1CCC(c2ccc(Cl)cc2)CC1)Cc1ccc(CN2CCCC2)cn1. The van der Waals surface area contributed by atoms with Gasteiger partial charge in [0.2, 0.25) is 0 Å². The first-order valence-corrected chi connectivity index (χ1v) is 11.7. The van der Waals surface area contributed by atoms with E-state index in [1.54, 1.807) is 0 Å². The van der Waals surface area contributed by atoms with Crippen LogP contribution in [0.4, 0.5) is 0 Å². The van der Waals surface area contributed by atoms with Crippen LogP contribution in [0.2, 0.25) is 5.02 Å². The molecule has 1 aromatic carbocycles. The molecule has 2 aliphatic heterocycles. The summed E-state index contributed by atoms with van der Waals surface area (Å²) in [7, 11) is 0. The second-order valence-electron chi connectivity index (χ2n) is 8.77. The Balaban J connectivity index is 1.16. The minimum atomic E-state index is 0.287. The minimum absolute atomic E-state index is 0.287. The molecular formula is C25H32ClN3O. The first kappa shape index (κ1) is 21.5. The van der Waals surface area contributed by atoms with E-state index in [-0.39, 0.29) is 5.78 Å². The summed E-state index contributed by atoms with van der Waals surface area (Å²) in [5.74, 6) is 0.895. The number of carbonyl (C=O) groups excluding carboxylic acids is 1. The van der Waals surface area contributed by atoms with E-state index >= 15 is 0 Å². The lowest BCUT2D eigenvalue weighted by atomic mass is 9.89. The molecule has 0 aliphatic carbocycles. The molecule has 3 heterocycles. The maximum atomic E-state index is 12.4. The highest BCUT2D eigenvalue weighted by molar-refractivity contribution is 6.30. The fourth-order valence-corrected chi connectivity index (χ4v) is 4.78. The van der Waals surface area contributed by atoms with Crippen LogP contribution in [0.3, 0.4) is 0 Å². The van der Waals surface area contributed by atoms with Crippen molar-refractivity contribution in [3.63, 3.8) is 0 Å². The van der Waals surface area contributed by atoms with Crippen LogP contribution in [-0.2, 0) is 17.8 Å². The Kier molecular flexibility index (Phi) is 7.53. The van der Waals surface area contributed by atoms with Crippen LogP contribution in [0.1, 0.15) is 54.8 Å². The van der Waals surface area contributed by atoms with Crippen molar-refractivity contribution in [2.75, 3.05) is 32.7 Å². The fourth-order valence-electron chi connectivity index (χ4n) is 4.65. The van der Waals surface area contributed by atoms with Crippen molar-refractivity contribution < 1.29 is 4.79 Å². The van der Waals surface area contributed by atoms with Gasteiger partial charge in [0.05, 0.1) is 0 Å². The highest BCUT2D eigenvalue weighted by Gasteiger charge is 2.21. The topological polar surface area (TPSA) is 36.4 Å². The van der Waals surface area contributed by atoms with Gasteiger partial charge in [0.15, 0.2) is 0 Å². The third kappa shape index (κ3) is 6.13. The van der Waals surface area contributed by atoms with Crippen LogP contribution >= 0.6 is 11.6 Å². The lowest BCUT2D eigenvalue weighted by molar-refractivity contribution is -0.118. The molecule has 2 saturated heterocycles. The summed E-state index contributed by atoms with van der Waals surface area (Å²) >= 11 is 6.00. The molecule has 30 heavy (non-hydrogen) atoms.